The second kappa shape index (κ2) is 8.77. The molecule has 0 radical (unpaired) electrons. The van der Waals surface area contributed by atoms with Crippen molar-refractivity contribution in [2.75, 3.05) is 6.54 Å². The van der Waals surface area contributed by atoms with Crippen LogP contribution in [-0.4, -0.2) is 34.3 Å². The maximum absolute atomic E-state index is 12.1. The molecule has 30 heavy (non-hydrogen) atoms. The monoisotopic (exact) mass is 439 g/mol. The van der Waals surface area contributed by atoms with Crippen LogP contribution in [-0.2, 0) is 11.2 Å². The Kier molecular flexibility index (Phi) is 5.92. The lowest BCUT2D eigenvalue weighted by Crippen LogP contribution is -2.33. The molecule has 8 heteroatoms. The zero-order chi connectivity index (χ0) is 21.1. The van der Waals surface area contributed by atoms with E-state index < -0.39 is 0 Å². The first-order valence-corrected chi connectivity index (χ1v) is 10.5. The lowest BCUT2D eigenvalue weighted by Gasteiger charge is -2.11. The van der Waals surface area contributed by atoms with Gasteiger partial charge in [0.15, 0.2) is 5.78 Å². The molecule has 0 spiro atoms. The van der Waals surface area contributed by atoms with E-state index >= 15 is 0 Å². The van der Waals surface area contributed by atoms with Crippen LogP contribution in [0.1, 0.15) is 27.9 Å². The van der Waals surface area contributed by atoms with Crippen LogP contribution in [0.5, 0.6) is 5.75 Å². The minimum absolute atomic E-state index is 0.0472. The quantitative estimate of drug-likeness (QED) is 0.460. The van der Waals surface area contributed by atoms with Gasteiger partial charge in [-0.25, -0.2) is 0 Å². The highest BCUT2D eigenvalue weighted by Crippen LogP contribution is 2.41. The second-order valence-corrected chi connectivity index (χ2v) is 8.31. The highest BCUT2D eigenvalue weighted by molar-refractivity contribution is 7.17. The summed E-state index contributed by atoms with van der Waals surface area (Å²) in [4.78, 5) is 33.3. The van der Waals surface area contributed by atoms with E-state index in [2.05, 4.69) is 15.3 Å². The van der Waals surface area contributed by atoms with E-state index in [4.69, 9.17) is 16.3 Å². The number of halogens is 1. The maximum Gasteiger partial charge on any atom is 0.244 e. The van der Waals surface area contributed by atoms with Crippen molar-refractivity contribution in [1.29, 1.82) is 0 Å². The number of ether oxygens (including phenoxy) is 1. The van der Waals surface area contributed by atoms with Crippen molar-refractivity contribution >= 4 is 40.7 Å². The molecule has 1 aromatic carbocycles. The van der Waals surface area contributed by atoms with Gasteiger partial charge in [-0.15, -0.1) is 11.3 Å². The first kappa shape index (κ1) is 20.3. The number of nitrogens with zero attached hydrogens (tertiary/aromatic N) is 2. The van der Waals surface area contributed by atoms with E-state index in [0.29, 0.717) is 34.3 Å². The summed E-state index contributed by atoms with van der Waals surface area (Å²) in [7, 11) is 0. The molecule has 0 bridgehead atoms. The Balaban J connectivity index is 1.39. The molecule has 1 atom stereocenters. The van der Waals surface area contributed by atoms with Gasteiger partial charge < -0.3 is 10.1 Å². The zero-order valence-electron chi connectivity index (χ0n) is 16.1. The Morgan fingerprint density at radius 3 is 2.93 bits per heavy atom. The van der Waals surface area contributed by atoms with Crippen molar-refractivity contribution < 1.29 is 14.3 Å². The summed E-state index contributed by atoms with van der Waals surface area (Å²) >= 11 is 7.88. The van der Waals surface area contributed by atoms with Crippen molar-refractivity contribution in [3.05, 3.63) is 70.1 Å². The van der Waals surface area contributed by atoms with Gasteiger partial charge in [0.05, 0.1) is 28.3 Å². The van der Waals surface area contributed by atoms with E-state index in [1.165, 1.54) is 17.4 Å². The number of carbonyl (C=O) groups is 2. The van der Waals surface area contributed by atoms with Crippen molar-refractivity contribution in [2.24, 2.45) is 0 Å². The normalized spacial score (nSPS) is 15.1. The lowest BCUT2D eigenvalue weighted by molar-refractivity contribution is -0.116. The number of amides is 1. The standard InChI is InChI=1S/C22H18ClN3O3S/c1-13(27)19-3-4-20(30-19)14-8-15-9-17(29-22(15)18(23)10-14)12-26-21(28)5-2-16-11-24-6-7-25-16/h2-8,10-11,17H,9,12H2,1H3,(H,26,28)/b5-2+. The lowest BCUT2D eigenvalue weighted by atomic mass is 10.1. The number of fused-ring (bicyclic) bond motifs is 1. The third kappa shape index (κ3) is 4.58. The molecule has 0 aliphatic carbocycles. The number of nitrogens with one attached hydrogen (secondary N) is 1. The van der Waals surface area contributed by atoms with Crippen LogP contribution >= 0.6 is 22.9 Å². The Bertz CT molecular complexity index is 1130. The minimum atomic E-state index is -0.234. The largest absolute Gasteiger partial charge is 0.486 e. The van der Waals surface area contributed by atoms with E-state index in [1.54, 1.807) is 31.6 Å². The van der Waals surface area contributed by atoms with Crippen molar-refractivity contribution in [3.8, 4) is 16.2 Å². The van der Waals surface area contributed by atoms with Gasteiger partial charge in [-0.3, -0.25) is 19.6 Å². The molecule has 0 fully saturated rings. The zero-order valence-corrected chi connectivity index (χ0v) is 17.7. The SMILES string of the molecule is CC(=O)c1ccc(-c2cc(Cl)c3c(c2)CC(CNC(=O)/C=C/c2cnccn2)O3)s1. The van der Waals surface area contributed by atoms with Crippen LogP contribution in [0, 0.1) is 0 Å². The Morgan fingerprint density at radius 1 is 1.33 bits per heavy atom. The summed E-state index contributed by atoms with van der Waals surface area (Å²) in [6.45, 7) is 1.91. The van der Waals surface area contributed by atoms with E-state index in [9.17, 15) is 9.59 Å². The van der Waals surface area contributed by atoms with Crippen LogP contribution in [0.4, 0.5) is 0 Å². The highest BCUT2D eigenvalue weighted by Gasteiger charge is 2.26. The Hall–Kier alpha value is -3.03. The second-order valence-electron chi connectivity index (χ2n) is 6.82. The number of ketones is 1. The molecule has 1 N–H and O–H groups in total. The molecule has 1 aliphatic rings. The predicted octanol–water partition coefficient (Wildman–Crippen LogP) is 4.19. The summed E-state index contributed by atoms with van der Waals surface area (Å²) in [5, 5.41) is 3.36. The molecule has 152 valence electrons. The predicted molar refractivity (Wildman–Crippen MR) is 117 cm³/mol. The molecular formula is C22H18ClN3O3S. The maximum atomic E-state index is 12.1. The fourth-order valence-corrected chi connectivity index (χ4v) is 4.33. The summed E-state index contributed by atoms with van der Waals surface area (Å²) < 4.78 is 5.94. The van der Waals surface area contributed by atoms with E-state index in [-0.39, 0.29) is 17.8 Å². The number of hydrogen-bond acceptors (Lipinski definition) is 6. The molecule has 0 saturated heterocycles. The van der Waals surface area contributed by atoms with Crippen LogP contribution in [0.25, 0.3) is 16.5 Å². The van der Waals surface area contributed by atoms with Crippen molar-refractivity contribution in [1.82, 2.24) is 15.3 Å². The van der Waals surface area contributed by atoms with Gasteiger partial charge in [-0.1, -0.05) is 11.6 Å². The van der Waals surface area contributed by atoms with E-state index in [1.807, 2.05) is 24.3 Å². The third-order valence-electron chi connectivity index (χ3n) is 4.58. The summed E-state index contributed by atoms with van der Waals surface area (Å²) in [5.74, 6) is 0.464. The smallest absolute Gasteiger partial charge is 0.244 e. The topological polar surface area (TPSA) is 81.2 Å². The van der Waals surface area contributed by atoms with Crippen LogP contribution in [0.15, 0.2) is 48.9 Å². The minimum Gasteiger partial charge on any atom is -0.486 e. The van der Waals surface area contributed by atoms with Gasteiger partial charge in [0.1, 0.15) is 11.9 Å². The molecule has 3 aromatic rings. The molecule has 4 rings (SSSR count). The Morgan fingerprint density at radius 2 is 2.20 bits per heavy atom. The molecule has 0 saturated carbocycles. The van der Waals surface area contributed by atoms with Gasteiger partial charge in [0.25, 0.3) is 0 Å². The van der Waals surface area contributed by atoms with Gasteiger partial charge in [-0.2, -0.15) is 0 Å². The molecular weight excluding hydrogens is 422 g/mol. The number of Topliss-reactive ketones (excluding diaryl/α,β-unsaturated/α-hetero) is 1. The number of hydrogen-bond donors (Lipinski definition) is 1. The third-order valence-corrected chi connectivity index (χ3v) is 6.10. The number of aromatic nitrogens is 2. The number of benzene rings is 1. The van der Waals surface area contributed by atoms with Crippen LogP contribution < -0.4 is 10.1 Å². The van der Waals surface area contributed by atoms with Gasteiger partial charge in [-0.05, 0) is 42.8 Å². The van der Waals surface area contributed by atoms with Crippen LogP contribution in [0.3, 0.4) is 0 Å². The average molecular weight is 440 g/mol. The molecule has 1 amide bonds. The van der Waals surface area contributed by atoms with Gasteiger partial charge >= 0.3 is 0 Å². The number of rotatable bonds is 6. The highest BCUT2D eigenvalue weighted by atomic mass is 35.5. The molecule has 3 heterocycles. The molecule has 6 nitrogen and oxygen atoms in total. The fourth-order valence-electron chi connectivity index (χ4n) is 3.16. The van der Waals surface area contributed by atoms with Crippen molar-refractivity contribution in [2.45, 2.75) is 19.4 Å². The first-order valence-electron chi connectivity index (χ1n) is 9.32. The van der Waals surface area contributed by atoms with Crippen molar-refractivity contribution in [3.63, 3.8) is 0 Å². The number of thiophene rings is 1. The first-order chi connectivity index (χ1) is 14.5. The summed E-state index contributed by atoms with van der Waals surface area (Å²) in [5.41, 5.74) is 2.55. The number of carbonyl (C=O) groups excluding carboxylic acids is 2. The fraction of sp³-hybridized carbons (Fsp3) is 0.182. The molecule has 2 aromatic heterocycles. The van der Waals surface area contributed by atoms with Crippen LogP contribution in [0.2, 0.25) is 5.02 Å². The van der Waals surface area contributed by atoms with Gasteiger partial charge in [0.2, 0.25) is 5.91 Å². The van der Waals surface area contributed by atoms with Gasteiger partial charge in [0, 0.05) is 35.3 Å². The molecule has 1 unspecified atom stereocenters. The summed E-state index contributed by atoms with van der Waals surface area (Å²) in [6.07, 6.45) is 8.18. The summed E-state index contributed by atoms with van der Waals surface area (Å²) in [6, 6.07) is 7.64. The average Bonchev–Trinajstić information content (AvgIpc) is 3.39. The Labute approximate surface area is 182 Å². The van der Waals surface area contributed by atoms with E-state index in [0.717, 1.165) is 16.0 Å². The molecule has 1 aliphatic heterocycles.